The van der Waals surface area contributed by atoms with Crippen molar-refractivity contribution in [1.29, 1.82) is 0 Å². The van der Waals surface area contributed by atoms with Crippen molar-refractivity contribution >= 4 is 21.4 Å². The third kappa shape index (κ3) is 3.97. The molecule has 0 atom stereocenters. The summed E-state index contributed by atoms with van der Waals surface area (Å²) >= 11 is 0. The number of anilines is 2. The average Bonchev–Trinajstić information content (AvgIpc) is 3.17. The zero-order valence-corrected chi connectivity index (χ0v) is 15.5. The van der Waals surface area contributed by atoms with Gasteiger partial charge in [0.15, 0.2) is 0 Å². The molecule has 8 nitrogen and oxygen atoms in total. The first kappa shape index (κ1) is 19.8. The van der Waals surface area contributed by atoms with Crippen LogP contribution in [0.1, 0.15) is 11.1 Å². The molecule has 0 unspecified atom stereocenters. The van der Waals surface area contributed by atoms with Crippen molar-refractivity contribution in [2.24, 2.45) is 0 Å². The van der Waals surface area contributed by atoms with Gasteiger partial charge >= 0.3 is 6.18 Å². The predicted molar refractivity (Wildman–Crippen MR) is 95.3 cm³/mol. The van der Waals surface area contributed by atoms with Gasteiger partial charge in [0.25, 0.3) is 0 Å². The Bertz CT molecular complexity index is 1100. The Morgan fingerprint density at radius 2 is 1.89 bits per heavy atom. The number of nitrogens with one attached hydrogen (secondary N) is 3. The molecule has 0 fully saturated rings. The third-order valence-corrected chi connectivity index (χ3v) is 5.33. The Balaban J connectivity index is 2.13. The molecule has 1 aromatic heterocycles. The molecule has 1 heterocycles. The second kappa shape index (κ2) is 7.20. The first-order valence-corrected chi connectivity index (χ1v) is 9.36. The third-order valence-electron chi connectivity index (χ3n) is 3.93. The van der Waals surface area contributed by atoms with Crippen LogP contribution in [0, 0.1) is 6.92 Å². The van der Waals surface area contributed by atoms with Gasteiger partial charge in [0.1, 0.15) is 0 Å². The SMILES string of the molecule is CNS(=O)(=O)c1cc(C)c(Nc2cccc(C(F)(F)F)c2)c(-c2nn[nH]n2)c1. The summed E-state index contributed by atoms with van der Waals surface area (Å²) in [6.45, 7) is 1.62. The molecule has 0 radical (unpaired) electrons. The smallest absolute Gasteiger partial charge is 0.355 e. The van der Waals surface area contributed by atoms with Gasteiger partial charge in [-0.05, 0) is 55.1 Å². The highest BCUT2D eigenvalue weighted by Gasteiger charge is 2.30. The van der Waals surface area contributed by atoms with Crippen LogP contribution in [-0.2, 0) is 16.2 Å². The lowest BCUT2D eigenvalue weighted by Gasteiger charge is -2.16. The van der Waals surface area contributed by atoms with Crippen molar-refractivity contribution in [3.05, 3.63) is 47.5 Å². The molecule has 0 spiro atoms. The van der Waals surface area contributed by atoms with Crippen LogP contribution in [0.3, 0.4) is 0 Å². The van der Waals surface area contributed by atoms with Gasteiger partial charge in [0.05, 0.1) is 16.1 Å². The summed E-state index contributed by atoms with van der Waals surface area (Å²) in [5.74, 6) is 0.0886. The van der Waals surface area contributed by atoms with Crippen molar-refractivity contribution in [1.82, 2.24) is 25.3 Å². The van der Waals surface area contributed by atoms with Crippen molar-refractivity contribution < 1.29 is 21.6 Å². The number of alkyl halides is 3. The van der Waals surface area contributed by atoms with E-state index in [1.165, 1.54) is 31.3 Å². The van der Waals surface area contributed by atoms with Gasteiger partial charge in [0, 0.05) is 11.3 Å². The van der Waals surface area contributed by atoms with Gasteiger partial charge in [-0.2, -0.15) is 18.4 Å². The van der Waals surface area contributed by atoms with Crippen molar-refractivity contribution in [2.75, 3.05) is 12.4 Å². The maximum absolute atomic E-state index is 13.0. The second-order valence-electron chi connectivity index (χ2n) is 5.81. The van der Waals surface area contributed by atoms with Crippen LogP contribution in [0.15, 0.2) is 41.3 Å². The number of hydrogen-bond donors (Lipinski definition) is 3. The second-order valence-corrected chi connectivity index (χ2v) is 7.70. The van der Waals surface area contributed by atoms with E-state index < -0.39 is 21.8 Å². The Labute approximate surface area is 158 Å². The molecule has 0 aliphatic rings. The fourth-order valence-corrected chi connectivity index (χ4v) is 3.40. The van der Waals surface area contributed by atoms with Crippen molar-refractivity contribution in [3.63, 3.8) is 0 Å². The fourth-order valence-electron chi connectivity index (χ4n) is 2.56. The van der Waals surface area contributed by atoms with Gasteiger partial charge in [-0.3, -0.25) is 0 Å². The summed E-state index contributed by atoms with van der Waals surface area (Å²) in [7, 11) is -2.49. The zero-order valence-electron chi connectivity index (χ0n) is 14.7. The maximum Gasteiger partial charge on any atom is 0.416 e. The summed E-state index contributed by atoms with van der Waals surface area (Å²) in [6, 6.07) is 7.37. The van der Waals surface area contributed by atoms with Crippen LogP contribution in [-0.4, -0.2) is 36.1 Å². The van der Waals surface area contributed by atoms with Crippen LogP contribution in [0.2, 0.25) is 0 Å². The summed E-state index contributed by atoms with van der Waals surface area (Å²) < 4.78 is 65.5. The predicted octanol–water partition coefficient (Wildman–Crippen LogP) is 2.85. The number of hydrogen-bond acceptors (Lipinski definition) is 6. The molecule has 2 aromatic carbocycles. The molecule has 28 heavy (non-hydrogen) atoms. The van der Waals surface area contributed by atoms with Crippen molar-refractivity contribution in [2.45, 2.75) is 18.0 Å². The number of aryl methyl sites for hydroxylation is 1. The first-order chi connectivity index (χ1) is 13.1. The number of tetrazole rings is 1. The summed E-state index contributed by atoms with van der Waals surface area (Å²) in [6.07, 6.45) is -4.49. The number of aromatic amines is 1. The van der Waals surface area contributed by atoms with E-state index in [0.29, 0.717) is 11.3 Å². The molecule has 3 N–H and O–H groups in total. The molecule has 0 aliphatic heterocycles. The molecule has 0 bridgehead atoms. The molecule has 3 rings (SSSR count). The summed E-state index contributed by atoms with van der Waals surface area (Å²) in [4.78, 5) is -0.0399. The molecule has 0 amide bonds. The topological polar surface area (TPSA) is 113 Å². The highest BCUT2D eigenvalue weighted by molar-refractivity contribution is 7.89. The van der Waals surface area contributed by atoms with E-state index in [1.807, 2.05) is 0 Å². The van der Waals surface area contributed by atoms with Crippen LogP contribution in [0.5, 0.6) is 0 Å². The Morgan fingerprint density at radius 1 is 1.14 bits per heavy atom. The van der Waals surface area contributed by atoms with E-state index >= 15 is 0 Å². The van der Waals surface area contributed by atoms with Crippen LogP contribution in [0.4, 0.5) is 24.5 Å². The average molecular weight is 412 g/mol. The summed E-state index contributed by atoms with van der Waals surface area (Å²) in [5.41, 5.74) is 0.446. The molecule has 0 saturated heterocycles. The number of halogens is 3. The number of benzene rings is 2. The van der Waals surface area contributed by atoms with Crippen LogP contribution >= 0.6 is 0 Å². The van der Waals surface area contributed by atoms with Gasteiger partial charge in [-0.25, -0.2) is 13.1 Å². The lowest BCUT2D eigenvalue weighted by atomic mass is 10.1. The van der Waals surface area contributed by atoms with Gasteiger partial charge in [0.2, 0.25) is 15.8 Å². The Kier molecular flexibility index (Phi) is 5.08. The molecule has 0 aliphatic carbocycles. The molecular weight excluding hydrogens is 397 g/mol. The number of H-pyrrole nitrogens is 1. The lowest BCUT2D eigenvalue weighted by Crippen LogP contribution is -2.19. The van der Waals surface area contributed by atoms with Crippen LogP contribution in [0.25, 0.3) is 11.4 Å². The van der Waals surface area contributed by atoms with E-state index in [-0.39, 0.29) is 22.0 Å². The normalized spacial score (nSPS) is 12.2. The highest BCUT2D eigenvalue weighted by atomic mass is 32.2. The fraction of sp³-hybridized carbons (Fsp3) is 0.188. The van der Waals surface area contributed by atoms with E-state index in [9.17, 15) is 21.6 Å². The van der Waals surface area contributed by atoms with E-state index in [2.05, 4.69) is 30.7 Å². The van der Waals surface area contributed by atoms with Gasteiger partial charge < -0.3 is 5.32 Å². The van der Waals surface area contributed by atoms with E-state index in [0.717, 1.165) is 12.1 Å². The first-order valence-electron chi connectivity index (χ1n) is 7.88. The summed E-state index contributed by atoms with van der Waals surface area (Å²) in [5, 5.41) is 16.3. The van der Waals surface area contributed by atoms with Gasteiger partial charge in [-0.1, -0.05) is 6.07 Å². The number of rotatable bonds is 5. The minimum Gasteiger partial charge on any atom is -0.355 e. The Hall–Kier alpha value is -2.99. The number of sulfonamides is 1. The standard InChI is InChI=1S/C16H15F3N6O2S/c1-9-6-12(28(26,27)20-2)8-13(15-22-24-25-23-15)14(9)21-11-5-3-4-10(7-11)16(17,18)19/h3-8,20-21H,1-2H3,(H,22,23,24,25). The zero-order chi connectivity index (χ0) is 20.5. The molecular formula is C16H15F3N6O2S. The number of nitrogens with zero attached hydrogens (tertiary/aromatic N) is 3. The highest BCUT2D eigenvalue weighted by Crippen LogP contribution is 2.36. The monoisotopic (exact) mass is 412 g/mol. The largest absolute Gasteiger partial charge is 0.416 e. The van der Waals surface area contributed by atoms with E-state index in [1.54, 1.807) is 6.92 Å². The Morgan fingerprint density at radius 3 is 2.50 bits per heavy atom. The van der Waals surface area contributed by atoms with E-state index in [4.69, 9.17) is 0 Å². The minimum atomic E-state index is -4.49. The molecule has 148 valence electrons. The van der Waals surface area contributed by atoms with Crippen LogP contribution < -0.4 is 10.0 Å². The molecule has 12 heteroatoms. The maximum atomic E-state index is 13.0. The quantitative estimate of drug-likeness (QED) is 0.594. The number of aromatic nitrogens is 4. The molecule has 3 aromatic rings. The lowest BCUT2D eigenvalue weighted by molar-refractivity contribution is -0.137. The van der Waals surface area contributed by atoms with Crippen molar-refractivity contribution in [3.8, 4) is 11.4 Å². The minimum absolute atomic E-state index is 0.0399. The molecule has 0 saturated carbocycles. The van der Waals surface area contributed by atoms with Gasteiger partial charge in [-0.15, -0.1) is 10.2 Å².